The second-order valence-corrected chi connectivity index (χ2v) is 7.42. The van der Waals surface area contributed by atoms with Crippen molar-refractivity contribution in [3.63, 3.8) is 0 Å². The number of nitrogens with two attached hydrogens (primary N) is 1. The summed E-state index contributed by atoms with van der Waals surface area (Å²) >= 11 is 0. The molecule has 0 aliphatic heterocycles. The van der Waals surface area contributed by atoms with Gasteiger partial charge in [-0.05, 0) is 25.3 Å². The molecule has 0 saturated heterocycles. The molecule has 9 nitrogen and oxygen atoms in total. The average molecular weight is 442 g/mol. The summed E-state index contributed by atoms with van der Waals surface area (Å²) in [4.78, 5) is 26.6. The number of ether oxygens (including phenoxy) is 1. The summed E-state index contributed by atoms with van der Waals surface area (Å²) in [5.41, 5.74) is 7.17. The zero-order valence-corrected chi connectivity index (χ0v) is 18.0. The van der Waals surface area contributed by atoms with Crippen LogP contribution in [0.2, 0.25) is 0 Å². The Kier molecular flexibility index (Phi) is 8.07. The molecule has 2 aromatic heterocycles. The molecule has 2 heterocycles. The van der Waals surface area contributed by atoms with Crippen molar-refractivity contribution >= 4 is 11.8 Å². The van der Waals surface area contributed by atoms with Gasteiger partial charge in [-0.3, -0.25) is 14.0 Å². The zero-order valence-electron chi connectivity index (χ0n) is 18.0. The lowest BCUT2D eigenvalue weighted by atomic mass is 10.1. The predicted molar refractivity (Wildman–Crippen MR) is 117 cm³/mol. The number of carbonyl (C=O) groups is 1. The average Bonchev–Trinajstić information content (AvgIpc) is 3.24. The summed E-state index contributed by atoms with van der Waals surface area (Å²) in [5, 5.41) is 8.39. The van der Waals surface area contributed by atoms with Gasteiger partial charge in [-0.25, -0.2) is 9.18 Å². The van der Waals surface area contributed by atoms with E-state index in [2.05, 4.69) is 15.3 Å². The Morgan fingerprint density at radius 2 is 1.88 bits per heavy atom. The minimum Gasteiger partial charge on any atom is -0.466 e. The highest BCUT2D eigenvalue weighted by molar-refractivity contribution is 5.69. The molecule has 0 bridgehead atoms. The number of rotatable bonds is 11. The topological polar surface area (TPSA) is 118 Å². The fourth-order valence-electron chi connectivity index (χ4n) is 3.24. The third kappa shape index (κ3) is 6.47. The van der Waals surface area contributed by atoms with Gasteiger partial charge in [0.05, 0.1) is 19.3 Å². The number of aromatic nitrogens is 5. The van der Waals surface area contributed by atoms with Crippen LogP contribution in [0.25, 0.3) is 11.3 Å². The van der Waals surface area contributed by atoms with Crippen molar-refractivity contribution in [3.8, 4) is 11.3 Å². The SMILES string of the molecule is CCOC(=O)CCCCCCn1cc(-c2ccc(Cn3cc(F)c(N)nc3=O)cc2)nn1. The molecule has 32 heavy (non-hydrogen) atoms. The number of anilines is 1. The van der Waals surface area contributed by atoms with E-state index in [0.717, 1.165) is 55.2 Å². The molecule has 0 radical (unpaired) electrons. The van der Waals surface area contributed by atoms with Gasteiger partial charge >= 0.3 is 11.7 Å². The van der Waals surface area contributed by atoms with Crippen LogP contribution in [0.15, 0.2) is 41.5 Å². The van der Waals surface area contributed by atoms with Gasteiger partial charge in [0.25, 0.3) is 0 Å². The summed E-state index contributed by atoms with van der Waals surface area (Å²) < 4.78 is 21.5. The Labute approximate surface area is 185 Å². The summed E-state index contributed by atoms with van der Waals surface area (Å²) in [7, 11) is 0. The van der Waals surface area contributed by atoms with Gasteiger partial charge in [-0.2, -0.15) is 4.98 Å². The molecular weight excluding hydrogens is 415 g/mol. The Morgan fingerprint density at radius 1 is 1.12 bits per heavy atom. The van der Waals surface area contributed by atoms with Crippen LogP contribution in [0.4, 0.5) is 10.2 Å². The molecule has 0 aliphatic carbocycles. The Hall–Kier alpha value is -3.56. The highest BCUT2D eigenvalue weighted by atomic mass is 19.1. The molecule has 3 rings (SSSR count). The van der Waals surface area contributed by atoms with Crippen molar-refractivity contribution in [3.05, 3.63) is 58.5 Å². The normalized spacial score (nSPS) is 10.9. The van der Waals surface area contributed by atoms with Gasteiger partial charge in [-0.1, -0.05) is 42.3 Å². The van der Waals surface area contributed by atoms with Gasteiger partial charge in [-0.15, -0.1) is 5.10 Å². The van der Waals surface area contributed by atoms with E-state index in [1.165, 1.54) is 4.57 Å². The first-order valence-electron chi connectivity index (χ1n) is 10.6. The number of unbranched alkanes of at least 4 members (excludes halogenated alkanes) is 3. The highest BCUT2D eigenvalue weighted by Crippen LogP contribution is 2.18. The van der Waals surface area contributed by atoms with E-state index in [1.807, 2.05) is 37.4 Å². The Bertz CT molecular complexity index is 1090. The number of nitrogens with zero attached hydrogens (tertiary/aromatic N) is 5. The summed E-state index contributed by atoms with van der Waals surface area (Å²) in [5.74, 6) is -1.26. The van der Waals surface area contributed by atoms with Gasteiger partial charge in [0.1, 0.15) is 5.69 Å². The number of hydrogen-bond acceptors (Lipinski definition) is 7. The first kappa shape index (κ1) is 23.1. The van der Waals surface area contributed by atoms with E-state index in [4.69, 9.17) is 10.5 Å². The molecule has 170 valence electrons. The zero-order chi connectivity index (χ0) is 22.9. The summed E-state index contributed by atoms with van der Waals surface area (Å²) in [6.45, 7) is 3.17. The van der Waals surface area contributed by atoms with Crippen LogP contribution in [0.3, 0.4) is 0 Å². The maximum atomic E-state index is 13.6. The number of carbonyl (C=O) groups excluding carboxylic acids is 1. The van der Waals surface area contributed by atoms with Crippen LogP contribution >= 0.6 is 0 Å². The molecule has 1 aromatic carbocycles. The maximum Gasteiger partial charge on any atom is 0.349 e. The summed E-state index contributed by atoms with van der Waals surface area (Å²) in [6.07, 6.45) is 7.17. The predicted octanol–water partition coefficient (Wildman–Crippen LogP) is 2.79. The molecule has 10 heteroatoms. The van der Waals surface area contributed by atoms with E-state index in [9.17, 15) is 14.0 Å². The van der Waals surface area contributed by atoms with E-state index in [1.54, 1.807) is 4.68 Å². The molecule has 3 aromatic rings. The molecule has 0 aliphatic rings. The third-order valence-electron chi connectivity index (χ3n) is 4.94. The fourth-order valence-corrected chi connectivity index (χ4v) is 3.24. The van der Waals surface area contributed by atoms with Gasteiger partial charge in [0, 0.05) is 24.7 Å². The van der Waals surface area contributed by atoms with Crippen LogP contribution < -0.4 is 11.4 Å². The first-order valence-corrected chi connectivity index (χ1v) is 10.6. The monoisotopic (exact) mass is 442 g/mol. The number of benzene rings is 1. The first-order chi connectivity index (χ1) is 15.5. The van der Waals surface area contributed by atoms with E-state index >= 15 is 0 Å². The van der Waals surface area contributed by atoms with Crippen LogP contribution in [0.1, 0.15) is 44.6 Å². The van der Waals surface area contributed by atoms with Crippen molar-refractivity contribution in [2.24, 2.45) is 0 Å². The standard InChI is InChI=1S/C22H27FN6O3/c1-2-32-20(30)7-5-3-4-6-12-29-15-19(26-27-29)17-10-8-16(9-11-17)13-28-14-18(23)21(24)25-22(28)31/h8-11,14-15H,2-7,12-13H2,1H3,(H2,24,25,31). The molecule has 0 atom stereocenters. The third-order valence-corrected chi connectivity index (χ3v) is 4.94. The van der Waals surface area contributed by atoms with Crippen molar-refractivity contribution in [1.29, 1.82) is 0 Å². The molecule has 0 unspecified atom stereocenters. The quantitative estimate of drug-likeness (QED) is 0.358. The lowest BCUT2D eigenvalue weighted by molar-refractivity contribution is -0.143. The lowest BCUT2D eigenvalue weighted by Crippen LogP contribution is -2.25. The minimum absolute atomic E-state index is 0.135. The van der Waals surface area contributed by atoms with Crippen molar-refractivity contribution in [2.45, 2.75) is 52.1 Å². The van der Waals surface area contributed by atoms with Gasteiger partial charge in [0.2, 0.25) is 0 Å². The van der Waals surface area contributed by atoms with Crippen molar-refractivity contribution in [1.82, 2.24) is 24.5 Å². The number of esters is 1. The highest BCUT2D eigenvalue weighted by Gasteiger charge is 2.08. The van der Waals surface area contributed by atoms with Gasteiger partial charge < -0.3 is 10.5 Å². The van der Waals surface area contributed by atoms with Gasteiger partial charge in [0.15, 0.2) is 11.6 Å². The molecular formula is C22H27FN6O3. The van der Waals surface area contributed by atoms with E-state index < -0.39 is 17.3 Å². The number of halogens is 1. The van der Waals surface area contributed by atoms with Crippen molar-refractivity contribution < 1.29 is 13.9 Å². The van der Waals surface area contributed by atoms with E-state index in [0.29, 0.717) is 13.0 Å². The fraction of sp³-hybridized carbons (Fsp3) is 0.409. The lowest BCUT2D eigenvalue weighted by Gasteiger charge is -2.06. The number of hydrogen-bond donors (Lipinski definition) is 1. The maximum absolute atomic E-state index is 13.6. The van der Waals surface area contributed by atoms with Crippen molar-refractivity contribution in [2.75, 3.05) is 12.3 Å². The van der Waals surface area contributed by atoms with Crippen LogP contribution in [-0.4, -0.2) is 37.1 Å². The molecule has 2 N–H and O–H groups in total. The van der Waals surface area contributed by atoms with Crippen LogP contribution in [0, 0.1) is 5.82 Å². The van der Waals surface area contributed by atoms with Crippen LogP contribution in [0.5, 0.6) is 0 Å². The Balaban J connectivity index is 1.48. The van der Waals surface area contributed by atoms with E-state index in [-0.39, 0.29) is 12.5 Å². The number of nitrogen functional groups attached to an aromatic ring is 1. The minimum atomic E-state index is -0.725. The smallest absolute Gasteiger partial charge is 0.349 e. The molecule has 0 saturated carbocycles. The molecule has 0 fully saturated rings. The van der Waals surface area contributed by atoms with Crippen LogP contribution in [-0.2, 0) is 22.6 Å². The molecule has 0 amide bonds. The second-order valence-electron chi connectivity index (χ2n) is 7.42. The largest absolute Gasteiger partial charge is 0.466 e. The molecule has 0 spiro atoms. The number of aryl methyl sites for hydroxylation is 1. The summed E-state index contributed by atoms with van der Waals surface area (Å²) in [6, 6.07) is 7.45. The Morgan fingerprint density at radius 3 is 2.62 bits per heavy atom. The second kappa shape index (κ2) is 11.2.